The molecule has 0 heterocycles. The van der Waals surface area contributed by atoms with Gasteiger partial charge in [0, 0.05) is 7.05 Å². The first-order chi connectivity index (χ1) is 4.57. The zero-order valence-electron chi connectivity index (χ0n) is 5.70. The van der Waals surface area contributed by atoms with Gasteiger partial charge in [0.05, 0.1) is 0 Å². The molecule has 0 aromatic carbocycles. The van der Waals surface area contributed by atoms with Crippen LogP contribution in [0.15, 0.2) is 4.99 Å². The zero-order valence-corrected chi connectivity index (χ0v) is 5.70. The van der Waals surface area contributed by atoms with Crippen LogP contribution in [-0.4, -0.2) is 35.7 Å². The van der Waals surface area contributed by atoms with E-state index in [1.165, 1.54) is 11.9 Å². The van der Waals surface area contributed by atoms with Gasteiger partial charge in [-0.3, -0.25) is 5.41 Å². The average molecular weight is 145 g/mol. The average Bonchev–Trinajstić information content (AvgIpc) is 1.85. The van der Waals surface area contributed by atoms with Crippen molar-refractivity contribution >= 4 is 11.9 Å². The molecule has 0 fully saturated rings. The molecule has 6 heteroatoms. The van der Waals surface area contributed by atoms with E-state index in [9.17, 15) is 0 Å². The molecule has 0 radical (unpaired) electrons. The number of aliphatic hydroxyl groups is 1. The second-order valence-corrected chi connectivity index (χ2v) is 1.70. The molecule has 0 unspecified atom stereocenters. The summed E-state index contributed by atoms with van der Waals surface area (Å²) in [4.78, 5) is 4.55. The Morgan fingerprint density at radius 2 is 2.20 bits per heavy atom. The Morgan fingerprint density at radius 3 is 2.50 bits per heavy atom. The van der Waals surface area contributed by atoms with Crippen molar-refractivity contribution in [2.75, 3.05) is 13.8 Å². The van der Waals surface area contributed by atoms with Gasteiger partial charge in [-0.2, -0.15) is 4.99 Å². The molecule has 0 bridgehead atoms. The molecule has 0 aromatic heterocycles. The van der Waals surface area contributed by atoms with Gasteiger partial charge in [0.25, 0.3) is 0 Å². The molecule has 0 atom stereocenters. The highest BCUT2D eigenvalue weighted by molar-refractivity contribution is 5.91. The van der Waals surface area contributed by atoms with Crippen molar-refractivity contribution in [2.24, 2.45) is 16.5 Å². The lowest BCUT2D eigenvalue weighted by atomic mass is 10.8. The van der Waals surface area contributed by atoms with Gasteiger partial charge in [0.2, 0.25) is 5.96 Å². The second-order valence-electron chi connectivity index (χ2n) is 1.70. The van der Waals surface area contributed by atoms with Crippen molar-refractivity contribution in [3.63, 3.8) is 0 Å². The smallest absolute Gasteiger partial charge is 0.222 e. The molecule has 6 N–H and O–H groups in total. The van der Waals surface area contributed by atoms with Crippen molar-refractivity contribution in [2.45, 2.75) is 0 Å². The molecule has 0 rings (SSSR count). The molecule has 0 saturated heterocycles. The lowest BCUT2D eigenvalue weighted by Crippen LogP contribution is -2.31. The first-order valence-electron chi connectivity index (χ1n) is 2.58. The molecule has 58 valence electrons. The van der Waals surface area contributed by atoms with E-state index in [0.717, 1.165) is 0 Å². The minimum atomic E-state index is -0.282. The summed E-state index contributed by atoms with van der Waals surface area (Å²) in [6.07, 6.45) is 0. The fourth-order valence-corrected chi connectivity index (χ4v) is 0.275. The lowest BCUT2D eigenvalue weighted by molar-refractivity contribution is 0.190. The molecule has 0 spiro atoms. The van der Waals surface area contributed by atoms with Crippen molar-refractivity contribution in [3.8, 4) is 0 Å². The van der Waals surface area contributed by atoms with E-state index in [-0.39, 0.29) is 18.6 Å². The van der Waals surface area contributed by atoms with Crippen molar-refractivity contribution in [3.05, 3.63) is 0 Å². The van der Waals surface area contributed by atoms with E-state index in [4.69, 9.17) is 22.0 Å². The third-order valence-corrected chi connectivity index (χ3v) is 0.809. The van der Waals surface area contributed by atoms with Gasteiger partial charge < -0.3 is 21.5 Å². The van der Waals surface area contributed by atoms with Gasteiger partial charge in [0.1, 0.15) is 6.73 Å². The summed E-state index contributed by atoms with van der Waals surface area (Å²) in [5.74, 6) is -0.354. The molecule has 0 aliphatic carbocycles. The van der Waals surface area contributed by atoms with E-state index < -0.39 is 0 Å². The number of aliphatic imine (C=N–C) groups is 1. The number of rotatable bonds is 1. The fraction of sp³-hybridized carbons (Fsp3) is 0.500. The topological polar surface area (TPSA) is 112 Å². The van der Waals surface area contributed by atoms with Crippen LogP contribution in [0.4, 0.5) is 0 Å². The van der Waals surface area contributed by atoms with E-state index >= 15 is 0 Å². The van der Waals surface area contributed by atoms with Crippen molar-refractivity contribution < 1.29 is 5.11 Å². The second kappa shape index (κ2) is 3.67. The highest BCUT2D eigenvalue weighted by Crippen LogP contribution is 1.82. The summed E-state index contributed by atoms with van der Waals surface area (Å²) in [6.45, 7) is -0.282. The van der Waals surface area contributed by atoms with Crippen LogP contribution in [0.2, 0.25) is 0 Å². The third kappa shape index (κ3) is 2.88. The van der Waals surface area contributed by atoms with E-state index in [1.54, 1.807) is 0 Å². The standard InChI is InChI=1S/C4H11N5O/c1-9(2-10)4(7)8-3(5)6/h10H,2H2,1H3,(H5,5,6,7,8). The molecular weight excluding hydrogens is 134 g/mol. The van der Waals surface area contributed by atoms with Gasteiger partial charge in [-0.25, -0.2) is 0 Å². The largest absolute Gasteiger partial charge is 0.376 e. The normalized spacial score (nSPS) is 8.60. The molecule has 0 aliphatic heterocycles. The number of nitrogens with zero attached hydrogens (tertiary/aromatic N) is 2. The van der Waals surface area contributed by atoms with E-state index in [0.29, 0.717) is 0 Å². The van der Waals surface area contributed by atoms with E-state index in [1.807, 2.05) is 0 Å². The molecule has 10 heavy (non-hydrogen) atoms. The number of guanidine groups is 2. The number of hydrogen-bond acceptors (Lipinski definition) is 2. The highest BCUT2D eigenvalue weighted by atomic mass is 16.3. The van der Waals surface area contributed by atoms with E-state index in [2.05, 4.69) is 4.99 Å². The molecule has 6 nitrogen and oxygen atoms in total. The summed E-state index contributed by atoms with van der Waals surface area (Å²) >= 11 is 0. The first kappa shape index (κ1) is 8.70. The summed E-state index contributed by atoms with van der Waals surface area (Å²) in [6, 6.07) is 0. The van der Waals surface area contributed by atoms with Gasteiger partial charge >= 0.3 is 0 Å². The van der Waals surface area contributed by atoms with Crippen LogP contribution >= 0.6 is 0 Å². The Bertz CT molecular complexity index is 150. The van der Waals surface area contributed by atoms with Crippen molar-refractivity contribution in [1.29, 1.82) is 5.41 Å². The highest BCUT2D eigenvalue weighted by Gasteiger charge is 1.98. The Balaban J connectivity index is 3.97. The van der Waals surface area contributed by atoms with Gasteiger partial charge in [0.15, 0.2) is 5.96 Å². The van der Waals surface area contributed by atoms with Crippen molar-refractivity contribution in [1.82, 2.24) is 4.90 Å². The Morgan fingerprint density at radius 1 is 1.70 bits per heavy atom. The fourth-order valence-electron chi connectivity index (χ4n) is 0.275. The molecule has 0 amide bonds. The van der Waals surface area contributed by atoms with Crippen LogP contribution < -0.4 is 11.5 Å². The number of hydrogen-bond donors (Lipinski definition) is 4. The van der Waals surface area contributed by atoms with Crippen LogP contribution in [0.3, 0.4) is 0 Å². The third-order valence-electron chi connectivity index (χ3n) is 0.809. The molecule has 0 aromatic rings. The Labute approximate surface area is 58.6 Å². The first-order valence-corrected chi connectivity index (χ1v) is 2.58. The van der Waals surface area contributed by atoms with Crippen LogP contribution in [0.1, 0.15) is 0 Å². The summed E-state index contributed by atoms with van der Waals surface area (Å²) in [5.41, 5.74) is 9.93. The predicted molar refractivity (Wildman–Crippen MR) is 38.4 cm³/mol. The maximum atomic E-state index is 8.45. The Hall–Kier alpha value is -1.30. The summed E-state index contributed by atoms with van der Waals surface area (Å²) in [5, 5.41) is 15.5. The monoisotopic (exact) mass is 145 g/mol. The SMILES string of the molecule is CN(CO)C(=N)N=C(N)N. The molecular formula is C4H11N5O. The predicted octanol–water partition coefficient (Wildman–Crippen LogP) is -1.92. The van der Waals surface area contributed by atoms with Crippen LogP contribution in [-0.2, 0) is 0 Å². The number of nitrogens with one attached hydrogen (secondary N) is 1. The van der Waals surface area contributed by atoms with Gasteiger partial charge in [-0.15, -0.1) is 0 Å². The van der Waals surface area contributed by atoms with Crippen LogP contribution in [0.25, 0.3) is 0 Å². The summed E-state index contributed by atoms with van der Waals surface area (Å²) < 4.78 is 0. The zero-order chi connectivity index (χ0) is 8.15. The quantitative estimate of drug-likeness (QED) is 0.196. The maximum Gasteiger partial charge on any atom is 0.222 e. The molecule has 0 aliphatic rings. The van der Waals surface area contributed by atoms with Crippen LogP contribution in [0.5, 0.6) is 0 Å². The van der Waals surface area contributed by atoms with Gasteiger partial charge in [-0.1, -0.05) is 0 Å². The maximum absolute atomic E-state index is 8.45. The molecule has 0 saturated carbocycles. The Kier molecular flexibility index (Phi) is 3.20. The minimum absolute atomic E-state index is 0.164. The van der Waals surface area contributed by atoms with Gasteiger partial charge in [-0.05, 0) is 0 Å². The van der Waals surface area contributed by atoms with Crippen LogP contribution in [0, 0.1) is 5.41 Å². The number of nitrogens with two attached hydrogens (primary N) is 2. The summed E-state index contributed by atoms with van der Waals surface area (Å²) in [7, 11) is 1.49. The minimum Gasteiger partial charge on any atom is -0.376 e. The number of aliphatic hydroxyl groups excluding tert-OH is 1. The lowest BCUT2D eigenvalue weighted by Gasteiger charge is -2.11.